The van der Waals surface area contributed by atoms with Crippen LogP contribution in [0.15, 0.2) is 35.6 Å². The van der Waals surface area contributed by atoms with Crippen LogP contribution >= 0.6 is 23.6 Å². The Morgan fingerprint density at radius 3 is 2.92 bits per heavy atom. The molecule has 0 spiro atoms. The van der Waals surface area contributed by atoms with E-state index in [2.05, 4.69) is 16.9 Å². The van der Waals surface area contributed by atoms with Gasteiger partial charge in [-0.2, -0.15) is 0 Å². The lowest BCUT2D eigenvalue weighted by molar-refractivity contribution is 0.0600. The minimum absolute atomic E-state index is 0.285. The summed E-state index contributed by atoms with van der Waals surface area (Å²) >= 11 is 6.43. The van der Waals surface area contributed by atoms with E-state index < -0.39 is 5.97 Å². The first-order chi connectivity index (χ1) is 12.0. The molecule has 2 heterocycles. The van der Waals surface area contributed by atoms with Crippen LogP contribution in [-0.4, -0.2) is 34.9 Å². The number of carbonyl (C=O) groups excluding carboxylic acids is 2. The first kappa shape index (κ1) is 17.1. The Kier molecular flexibility index (Phi) is 4.51. The summed E-state index contributed by atoms with van der Waals surface area (Å²) in [6, 6.07) is 4.55. The number of H-pyrrole nitrogens is 1. The molecule has 0 saturated heterocycles. The van der Waals surface area contributed by atoms with Crippen molar-refractivity contribution in [3.8, 4) is 0 Å². The van der Waals surface area contributed by atoms with Gasteiger partial charge in [0.05, 0.1) is 23.6 Å². The molecule has 0 aliphatic carbocycles. The quantitative estimate of drug-likeness (QED) is 0.415. The van der Waals surface area contributed by atoms with Crippen LogP contribution in [0.2, 0.25) is 0 Å². The fourth-order valence-corrected chi connectivity index (χ4v) is 3.73. The molecule has 1 amide bonds. The van der Waals surface area contributed by atoms with Crippen LogP contribution in [0.3, 0.4) is 0 Å². The van der Waals surface area contributed by atoms with Gasteiger partial charge in [-0.25, -0.2) is 4.79 Å². The van der Waals surface area contributed by atoms with E-state index in [1.807, 2.05) is 0 Å². The molecule has 0 fully saturated rings. The second kappa shape index (κ2) is 6.61. The number of nitrogens with one attached hydrogen (secondary N) is 2. The van der Waals surface area contributed by atoms with Gasteiger partial charge in [0.15, 0.2) is 3.95 Å². The van der Waals surface area contributed by atoms with Crippen molar-refractivity contribution in [2.45, 2.75) is 0 Å². The number of thiazole rings is 1. The van der Waals surface area contributed by atoms with Gasteiger partial charge in [-0.05, 0) is 30.4 Å². The average Bonchev–Trinajstić information content (AvgIpc) is 2.95. The number of ether oxygens (including phenoxy) is 1. The van der Waals surface area contributed by atoms with Crippen LogP contribution in [0, 0.1) is 3.95 Å². The Labute approximate surface area is 150 Å². The van der Waals surface area contributed by atoms with Gasteiger partial charge >= 0.3 is 5.97 Å². The summed E-state index contributed by atoms with van der Waals surface area (Å²) in [4.78, 5) is 39.4. The second-order valence-electron chi connectivity index (χ2n) is 5.06. The maximum atomic E-state index is 12.4. The summed E-state index contributed by atoms with van der Waals surface area (Å²) in [5, 5.41) is 3.01. The lowest BCUT2D eigenvalue weighted by Crippen LogP contribution is -2.23. The molecule has 7 nitrogen and oxygen atoms in total. The van der Waals surface area contributed by atoms with Gasteiger partial charge in [0, 0.05) is 6.54 Å². The molecule has 0 bridgehead atoms. The molecule has 2 N–H and O–H groups in total. The summed E-state index contributed by atoms with van der Waals surface area (Å²) in [5.41, 5.74) is 0.631. The van der Waals surface area contributed by atoms with E-state index in [4.69, 9.17) is 17.0 Å². The lowest BCUT2D eigenvalue weighted by atomic mass is 10.1. The molecule has 9 heteroatoms. The Bertz CT molecular complexity index is 1140. The number of aromatic amines is 1. The molecule has 25 heavy (non-hydrogen) atoms. The van der Waals surface area contributed by atoms with Crippen molar-refractivity contribution in [1.29, 1.82) is 0 Å². The second-order valence-corrected chi connectivity index (χ2v) is 6.70. The third-order valence-corrected chi connectivity index (χ3v) is 4.93. The van der Waals surface area contributed by atoms with Crippen LogP contribution in [0.5, 0.6) is 0 Å². The van der Waals surface area contributed by atoms with Crippen LogP contribution in [0.1, 0.15) is 20.0 Å². The maximum absolute atomic E-state index is 12.4. The van der Waals surface area contributed by atoms with Gasteiger partial charge < -0.3 is 15.0 Å². The zero-order chi connectivity index (χ0) is 18.1. The monoisotopic (exact) mass is 375 g/mol. The number of hydrogen-bond donors (Lipinski definition) is 2. The average molecular weight is 375 g/mol. The van der Waals surface area contributed by atoms with Crippen LogP contribution in [0.25, 0.3) is 16.6 Å². The predicted molar refractivity (Wildman–Crippen MR) is 98.1 cm³/mol. The van der Waals surface area contributed by atoms with E-state index in [0.717, 1.165) is 11.3 Å². The SMILES string of the molecule is C=CCNC(=O)c1sc(=S)n2c1[nH]c(=O)c1ccc(C(=O)OC)cc12. The van der Waals surface area contributed by atoms with E-state index in [1.165, 1.54) is 25.3 Å². The number of aromatic nitrogens is 2. The smallest absolute Gasteiger partial charge is 0.337 e. The molecular weight excluding hydrogens is 362 g/mol. The van der Waals surface area contributed by atoms with Gasteiger partial charge in [0.1, 0.15) is 10.5 Å². The van der Waals surface area contributed by atoms with E-state index in [9.17, 15) is 14.4 Å². The van der Waals surface area contributed by atoms with Gasteiger partial charge in [0.25, 0.3) is 11.5 Å². The maximum Gasteiger partial charge on any atom is 0.337 e. The first-order valence-corrected chi connectivity index (χ1v) is 8.39. The number of methoxy groups -OCH3 is 1. The van der Waals surface area contributed by atoms with Gasteiger partial charge in [-0.1, -0.05) is 17.4 Å². The number of benzene rings is 1. The van der Waals surface area contributed by atoms with Crippen LogP contribution in [0.4, 0.5) is 0 Å². The molecule has 128 valence electrons. The summed E-state index contributed by atoms with van der Waals surface area (Å²) in [5.74, 6) is -0.890. The summed E-state index contributed by atoms with van der Waals surface area (Å²) in [6.45, 7) is 3.84. The zero-order valence-electron chi connectivity index (χ0n) is 13.1. The molecule has 0 aliphatic heterocycles. The van der Waals surface area contributed by atoms with Crippen molar-refractivity contribution in [1.82, 2.24) is 14.7 Å². The zero-order valence-corrected chi connectivity index (χ0v) is 14.8. The molecule has 3 aromatic rings. The lowest BCUT2D eigenvalue weighted by Gasteiger charge is -2.06. The standard InChI is InChI=1S/C16H13N3O4S2/c1-3-6-17-14(21)11-12-18-13(20)9-5-4-8(15(22)23-2)7-10(9)19(12)16(24)25-11/h3-5,7H,1,6H2,2H3,(H,17,21)(H,18,20). The molecule has 0 atom stereocenters. The largest absolute Gasteiger partial charge is 0.465 e. The first-order valence-electron chi connectivity index (χ1n) is 7.17. The van der Waals surface area contributed by atoms with E-state index >= 15 is 0 Å². The van der Waals surface area contributed by atoms with Crippen LogP contribution < -0.4 is 10.9 Å². The third-order valence-electron chi connectivity index (χ3n) is 3.56. The molecule has 0 unspecified atom stereocenters. The fourth-order valence-electron chi connectivity index (χ4n) is 2.43. The van der Waals surface area contributed by atoms with Gasteiger partial charge in [-0.3, -0.25) is 14.0 Å². The van der Waals surface area contributed by atoms with Crippen molar-refractivity contribution in [2.75, 3.05) is 13.7 Å². The van der Waals surface area contributed by atoms with Crippen molar-refractivity contribution < 1.29 is 14.3 Å². The molecule has 3 rings (SSSR count). The molecule has 1 aromatic carbocycles. The third kappa shape index (κ3) is 2.87. The number of carbonyl (C=O) groups is 2. The number of hydrogen-bond acceptors (Lipinski definition) is 6. The number of nitrogens with zero attached hydrogens (tertiary/aromatic N) is 1. The highest BCUT2D eigenvalue weighted by Crippen LogP contribution is 2.23. The minimum atomic E-state index is -0.527. The van der Waals surface area contributed by atoms with Crippen molar-refractivity contribution >= 4 is 52.0 Å². The summed E-state index contributed by atoms with van der Waals surface area (Å²) < 4.78 is 6.67. The normalized spacial score (nSPS) is 10.8. The number of rotatable bonds is 4. The highest BCUT2D eigenvalue weighted by molar-refractivity contribution is 7.73. The molecule has 0 saturated carbocycles. The van der Waals surface area contributed by atoms with Crippen LogP contribution in [-0.2, 0) is 4.74 Å². The Hall–Kier alpha value is -2.78. The number of esters is 1. The van der Waals surface area contributed by atoms with Gasteiger partial charge in [-0.15, -0.1) is 6.58 Å². The van der Waals surface area contributed by atoms with Crippen molar-refractivity contribution in [3.63, 3.8) is 0 Å². The topological polar surface area (TPSA) is 92.7 Å². The highest BCUT2D eigenvalue weighted by atomic mass is 32.1. The molecule has 0 aliphatic rings. The Morgan fingerprint density at radius 2 is 2.24 bits per heavy atom. The number of amides is 1. The Morgan fingerprint density at radius 1 is 1.48 bits per heavy atom. The summed E-state index contributed by atoms with van der Waals surface area (Å²) in [6.07, 6.45) is 1.55. The Balaban J connectivity index is 2.34. The molecule has 2 aromatic heterocycles. The summed E-state index contributed by atoms with van der Waals surface area (Å²) in [7, 11) is 1.28. The van der Waals surface area contributed by atoms with Crippen molar-refractivity contribution in [2.24, 2.45) is 0 Å². The van der Waals surface area contributed by atoms with E-state index in [0.29, 0.717) is 21.4 Å². The fraction of sp³-hybridized carbons (Fsp3) is 0.125. The minimum Gasteiger partial charge on any atom is -0.465 e. The highest BCUT2D eigenvalue weighted by Gasteiger charge is 2.18. The van der Waals surface area contributed by atoms with E-state index in [-0.39, 0.29) is 27.6 Å². The van der Waals surface area contributed by atoms with Crippen molar-refractivity contribution in [3.05, 3.63) is 55.6 Å². The predicted octanol–water partition coefficient (Wildman–Crippen LogP) is 2.27. The molecular formula is C16H13N3O4S2. The number of fused-ring (bicyclic) bond motifs is 3. The van der Waals surface area contributed by atoms with E-state index in [1.54, 1.807) is 10.5 Å². The molecule has 0 radical (unpaired) electrons. The van der Waals surface area contributed by atoms with Gasteiger partial charge in [0.2, 0.25) is 0 Å².